The van der Waals surface area contributed by atoms with Crippen LogP contribution in [0.4, 0.5) is 0 Å². The Kier molecular flexibility index (Phi) is 2.57. The lowest BCUT2D eigenvalue weighted by molar-refractivity contribution is -0.119. The highest BCUT2D eigenvalue weighted by atomic mass is 35.5. The molecule has 0 rings (SSSR count). The van der Waals surface area contributed by atoms with Crippen LogP contribution in [0, 0.1) is 0 Å². The van der Waals surface area contributed by atoms with Gasteiger partial charge in [-0.3, -0.25) is 4.79 Å². The minimum absolute atomic E-state index is 0.0455. The molecule has 1 atom stereocenters. The Morgan fingerprint density at radius 3 is 2.25 bits per heavy atom. The molecule has 1 amide bonds. The van der Waals surface area contributed by atoms with E-state index < -0.39 is 10.8 Å². The van der Waals surface area contributed by atoms with Crippen LogP contribution in [0.1, 0.15) is 6.92 Å². The predicted octanol–water partition coefficient (Wildman–Crippen LogP) is 0.708. The van der Waals surface area contributed by atoms with Crippen LogP contribution in [-0.4, -0.2) is 16.7 Å². The molecule has 0 aromatic heterocycles. The zero-order chi connectivity index (χ0) is 6.78. The molecule has 0 saturated heterocycles. The first-order valence-electron chi connectivity index (χ1n) is 2.05. The summed E-state index contributed by atoms with van der Waals surface area (Å²) in [4.78, 5) is 9.18. The molecule has 0 spiro atoms. The number of primary amides is 1. The zero-order valence-corrected chi connectivity index (χ0v) is 5.96. The SMILES string of the molecule is CC(Cl)(CCl)C(N)=O. The standard InChI is InChI=1S/C4H7Cl2NO/c1-4(6,2-5)3(7)8/h2H2,1H3,(H2,7,8). The van der Waals surface area contributed by atoms with E-state index in [0.29, 0.717) is 0 Å². The zero-order valence-electron chi connectivity index (χ0n) is 4.45. The van der Waals surface area contributed by atoms with E-state index in [1.165, 1.54) is 6.92 Å². The molecular weight excluding hydrogens is 149 g/mol. The Morgan fingerprint density at radius 2 is 2.25 bits per heavy atom. The number of carbonyl (C=O) groups is 1. The molecule has 2 N–H and O–H groups in total. The van der Waals surface area contributed by atoms with Gasteiger partial charge in [-0.15, -0.1) is 23.2 Å². The Balaban J connectivity index is 3.91. The Hall–Kier alpha value is 0.0500. The van der Waals surface area contributed by atoms with Crippen LogP contribution >= 0.6 is 23.2 Å². The molecule has 0 radical (unpaired) electrons. The summed E-state index contributed by atoms with van der Waals surface area (Å²) in [5, 5.41) is 0. The van der Waals surface area contributed by atoms with E-state index in [1.54, 1.807) is 0 Å². The van der Waals surface area contributed by atoms with Crippen molar-refractivity contribution in [3.8, 4) is 0 Å². The van der Waals surface area contributed by atoms with Crippen molar-refractivity contribution in [1.82, 2.24) is 0 Å². The summed E-state index contributed by atoms with van der Waals surface area (Å²) >= 11 is 10.7. The van der Waals surface area contributed by atoms with Crippen molar-refractivity contribution in [2.75, 3.05) is 5.88 Å². The van der Waals surface area contributed by atoms with E-state index in [2.05, 4.69) is 0 Å². The van der Waals surface area contributed by atoms with Crippen LogP contribution in [0.15, 0.2) is 0 Å². The van der Waals surface area contributed by atoms with Crippen LogP contribution in [0.5, 0.6) is 0 Å². The third-order valence-electron chi connectivity index (χ3n) is 0.765. The predicted molar refractivity (Wildman–Crippen MR) is 34.2 cm³/mol. The van der Waals surface area contributed by atoms with Crippen molar-refractivity contribution in [1.29, 1.82) is 0 Å². The van der Waals surface area contributed by atoms with Gasteiger partial charge in [0.15, 0.2) is 0 Å². The molecule has 0 bridgehead atoms. The van der Waals surface area contributed by atoms with E-state index in [9.17, 15) is 4.79 Å². The fourth-order valence-corrected chi connectivity index (χ4v) is 0.198. The molecule has 48 valence electrons. The first-order chi connectivity index (χ1) is 3.50. The second kappa shape index (κ2) is 2.55. The summed E-state index contributed by atoms with van der Waals surface area (Å²) in [6.07, 6.45) is 0. The maximum absolute atomic E-state index is 10.3. The summed E-state index contributed by atoms with van der Waals surface area (Å²) in [7, 11) is 0. The minimum Gasteiger partial charge on any atom is -0.368 e. The first kappa shape index (κ1) is 8.05. The number of alkyl halides is 2. The van der Waals surface area contributed by atoms with Crippen molar-refractivity contribution in [3.05, 3.63) is 0 Å². The molecular formula is C4H7Cl2NO. The van der Waals surface area contributed by atoms with Crippen LogP contribution in [0.3, 0.4) is 0 Å². The van der Waals surface area contributed by atoms with Crippen molar-refractivity contribution in [2.45, 2.75) is 11.8 Å². The highest BCUT2D eigenvalue weighted by Gasteiger charge is 2.26. The van der Waals surface area contributed by atoms with Crippen molar-refractivity contribution in [3.63, 3.8) is 0 Å². The number of rotatable bonds is 2. The fraction of sp³-hybridized carbons (Fsp3) is 0.750. The monoisotopic (exact) mass is 155 g/mol. The van der Waals surface area contributed by atoms with E-state index >= 15 is 0 Å². The highest BCUT2D eigenvalue weighted by Crippen LogP contribution is 2.14. The van der Waals surface area contributed by atoms with Gasteiger partial charge in [0, 0.05) is 0 Å². The molecule has 0 fully saturated rings. The lowest BCUT2D eigenvalue weighted by Gasteiger charge is -2.11. The van der Waals surface area contributed by atoms with Gasteiger partial charge in [-0.25, -0.2) is 0 Å². The molecule has 0 saturated carbocycles. The summed E-state index contributed by atoms with van der Waals surface area (Å²) in [6, 6.07) is 0. The summed E-state index contributed by atoms with van der Waals surface area (Å²) in [5.74, 6) is -0.543. The number of hydrogen-bond acceptors (Lipinski definition) is 1. The number of amides is 1. The molecule has 0 aliphatic rings. The highest BCUT2D eigenvalue weighted by molar-refractivity contribution is 6.39. The number of nitrogens with two attached hydrogens (primary N) is 1. The van der Waals surface area contributed by atoms with E-state index in [0.717, 1.165) is 0 Å². The maximum Gasteiger partial charge on any atom is 0.239 e. The van der Waals surface area contributed by atoms with Gasteiger partial charge < -0.3 is 5.73 Å². The van der Waals surface area contributed by atoms with Crippen LogP contribution in [-0.2, 0) is 4.79 Å². The third-order valence-corrected chi connectivity index (χ3v) is 1.76. The molecule has 0 aromatic rings. The number of hydrogen-bond donors (Lipinski definition) is 1. The Bertz CT molecular complexity index is 102. The van der Waals surface area contributed by atoms with E-state index in [4.69, 9.17) is 28.9 Å². The van der Waals surface area contributed by atoms with E-state index in [-0.39, 0.29) is 5.88 Å². The van der Waals surface area contributed by atoms with Crippen molar-refractivity contribution >= 4 is 29.1 Å². The van der Waals surface area contributed by atoms with Gasteiger partial charge in [-0.05, 0) is 6.92 Å². The average Bonchev–Trinajstić information content (AvgIpc) is 1.67. The largest absolute Gasteiger partial charge is 0.368 e. The maximum atomic E-state index is 10.3. The molecule has 4 heteroatoms. The number of carbonyl (C=O) groups excluding carboxylic acids is 1. The molecule has 0 aromatic carbocycles. The van der Waals surface area contributed by atoms with Crippen molar-refractivity contribution in [2.24, 2.45) is 5.73 Å². The lowest BCUT2D eigenvalue weighted by atomic mass is 10.2. The van der Waals surface area contributed by atoms with Gasteiger partial charge in [-0.2, -0.15) is 0 Å². The first-order valence-corrected chi connectivity index (χ1v) is 2.97. The minimum atomic E-state index is -1.08. The molecule has 8 heavy (non-hydrogen) atoms. The quantitative estimate of drug-likeness (QED) is 0.587. The molecule has 0 aliphatic carbocycles. The van der Waals surface area contributed by atoms with Crippen LogP contribution < -0.4 is 5.73 Å². The number of halogens is 2. The van der Waals surface area contributed by atoms with Gasteiger partial charge >= 0.3 is 0 Å². The Morgan fingerprint density at radius 1 is 1.88 bits per heavy atom. The van der Waals surface area contributed by atoms with Crippen LogP contribution in [0.25, 0.3) is 0 Å². The smallest absolute Gasteiger partial charge is 0.239 e. The fourth-order valence-electron chi connectivity index (χ4n) is 0.0659. The van der Waals surface area contributed by atoms with Gasteiger partial charge in [0.05, 0.1) is 5.88 Å². The van der Waals surface area contributed by atoms with Gasteiger partial charge in [0.1, 0.15) is 4.87 Å². The second-order valence-corrected chi connectivity index (χ2v) is 2.80. The summed E-state index contributed by atoms with van der Waals surface area (Å²) in [5.41, 5.74) is 4.83. The summed E-state index contributed by atoms with van der Waals surface area (Å²) in [6.45, 7) is 1.48. The van der Waals surface area contributed by atoms with Gasteiger partial charge in [0.25, 0.3) is 0 Å². The second-order valence-electron chi connectivity index (χ2n) is 1.70. The van der Waals surface area contributed by atoms with E-state index in [1.807, 2.05) is 0 Å². The molecule has 1 unspecified atom stereocenters. The van der Waals surface area contributed by atoms with Gasteiger partial charge in [0.2, 0.25) is 5.91 Å². The molecule has 0 aliphatic heterocycles. The molecule has 2 nitrogen and oxygen atoms in total. The van der Waals surface area contributed by atoms with Crippen molar-refractivity contribution < 1.29 is 4.79 Å². The molecule has 0 heterocycles. The third kappa shape index (κ3) is 1.88. The van der Waals surface area contributed by atoms with Crippen LogP contribution in [0.2, 0.25) is 0 Å². The topological polar surface area (TPSA) is 43.1 Å². The Labute approximate surface area is 57.9 Å². The van der Waals surface area contributed by atoms with Gasteiger partial charge in [-0.1, -0.05) is 0 Å². The normalized spacial score (nSPS) is 17.4. The summed E-state index contributed by atoms with van der Waals surface area (Å²) < 4.78 is 0. The lowest BCUT2D eigenvalue weighted by Crippen LogP contribution is -2.37. The average molecular weight is 156 g/mol.